The van der Waals surface area contributed by atoms with Gasteiger partial charge in [-0.1, -0.05) is 30.3 Å². The highest BCUT2D eigenvalue weighted by Gasteiger charge is 2.13. The summed E-state index contributed by atoms with van der Waals surface area (Å²) in [6.45, 7) is 0.435. The summed E-state index contributed by atoms with van der Waals surface area (Å²) in [6.07, 6.45) is 2.00. The van der Waals surface area contributed by atoms with Gasteiger partial charge in [-0.25, -0.2) is 9.37 Å². The average molecular weight is 259 g/mol. The summed E-state index contributed by atoms with van der Waals surface area (Å²) < 4.78 is 13.6. The zero-order chi connectivity index (χ0) is 13.7. The number of aromatic nitrogens is 1. The number of halogens is 1. The molecule has 2 rings (SSSR count). The smallest absolute Gasteiger partial charge is 0.254 e. The van der Waals surface area contributed by atoms with E-state index in [0.29, 0.717) is 13.0 Å². The minimum Gasteiger partial charge on any atom is -0.381 e. The second kappa shape index (κ2) is 5.95. The third kappa shape index (κ3) is 3.28. The van der Waals surface area contributed by atoms with Gasteiger partial charge in [0.2, 0.25) is 0 Å². The number of nitrogen functional groups attached to an aromatic ring is 1. The van der Waals surface area contributed by atoms with Gasteiger partial charge >= 0.3 is 0 Å². The summed E-state index contributed by atoms with van der Waals surface area (Å²) >= 11 is 0. The Labute approximate surface area is 110 Å². The molecular weight excluding hydrogens is 245 g/mol. The maximum Gasteiger partial charge on any atom is 0.254 e. The lowest BCUT2D eigenvalue weighted by molar-refractivity contribution is 0.0950. The largest absolute Gasteiger partial charge is 0.381 e. The zero-order valence-electron chi connectivity index (χ0n) is 10.3. The van der Waals surface area contributed by atoms with Crippen molar-refractivity contribution in [3.05, 3.63) is 59.5 Å². The van der Waals surface area contributed by atoms with Crippen LogP contribution in [-0.2, 0) is 6.42 Å². The number of pyridine rings is 1. The number of carbonyl (C=O) groups is 1. The zero-order valence-corrected chi connectivity index (χ0v) is 10.3. The Bertz CT molecular complexity index is 572. The summed E-state index contributed by atoms with van der Waals surface area (Å²) in [7, 11) is 0. The Balaban J connectivity index is 1.93. The molecule has 1 aromatic heterocycles. The lowest BCUT2D eigenvalue weighted by Crippen LogP contribution is -2.27. The molecule has 98 valence electrons. The Hall–Kier alpha value is -2.43. The van der Waals surface area contributed by atoms with Gasteiger partial charge in [-0.15, -0.1) is 0 Å². The van der Waals surface area contributed by atoms with E-state index >= 15 is 0 Å². The summed E-state index contributed by atoms with van der Waals surface area (Å²) in [4.78, 5) is 15.3. The van der Waals surface area contributed by atoms with Crippen LogP contribution in [0.2, 0.25) is 0 Å². The highest BCUT2D eigenvalue weighted by Crippen LogP contribution is 2.11. The molecule has 0 saturated carbocycles. The monoisotopic (exact) mass is 259 g/mol. The predicted molar refractivity (Wildman–Crippen MR) is 71.1 cm³/mol. The van der Waals surface area contributed by atoms with E-state index in [1.165, 1.54) is 12.3 Å². The van der Waals surface area contributed by atoms with Gasteiger partial charge in [0.1, 0.15) is 0 Å². The first-order valence-electron chi connectivity index (χ1n) is 5.90. The molecule has 19 heavy (non-hydrogen) atoms. The number of nitrogens with zero attached hydrogens (tertiary/aromatic N) is 1. The second-order valence-corrected chi connectivity index (χ2v) is 4.05. The van der Waals surface area contributed by atoms with E-state index in [1.807, 2.05) is 30.3 Å². The molecule has 1 aromatic carbocycles. The molecule has 0 bridgehead atoms. The number of nitrogens with two attached hydrogens (primary N) is 1. The fourth-order valence-electron chi connectivity index (χ4n) is 1.70. The van der Waals surface area contributed by atoms with Crippen molar-refractivity contribution >= 4 is 11.7 Å². The van der Waals surface area contributed by atoms with E-state index in [-0.39, 0.29) is 11.4 Å². The van der Waals surface area contributed by atoms with Gasteiger partial charge in [0.05, 0.1) is 5.56 Å². The van der Waals surface area contributed by atoms with Crippen molar-refractivity contribution in [2.45, 2.75) is 6.42 Å². The molecule has 0 aliphatic carbocycles. The number of amides is 1. The third-order valence-corrected chi connectivity index (χ3v) is 2.70. The van der Waals surface area contributed by atoms with Crippen molar-refractivity contribution in [3.8, 4) is 0 Å². The van der Waals surface area contributed by atoms with Gasteiger partial charge in [-0.05, 0) is 18.1 Å². The van der Waals surface area contributed by atoms with Gasteiger partial charge in [0.15, 0.2) is 11.6 Å². The summed E-state index contributed by atoms with van der Waals surface area (Å²) in [5, 5.41) is 2.65. The molecule has 0 spiro atoms. The number of hydrogen-bond acceptors (Lipinski definition) is 3. The van der Waals surface area contributed by atoms with Gasteiger partial charge in [0.25, 0.3) is 5.91 Å². The third-order valence-electron chi connectivity index (χ3n) is 2.70. The van der Waals surface area contributed by atoms with E-state index in [2.05, 4.69) is 10.3 Å². The van der Waals surface area contributed by atoms with Crippen LogP contribution in [-0.4, -0.2) is 17.4 Å². The van der Waals surface area contributed by atoms with Crippen molar-refractivity contribution in [3.63, 3.8) is 0 Å². The van der Waals surface area contributed by atoms with E-state index in [9.17, 15) is 9.18 Å². The normalized spacial score (nSPS) is 10.2. The van der Waals surface area contributed by atoms with Crippen LogP contribution in [0, 0.1) is 5.82 Å². The summed E-state index contributed by atoms with van der Waals surface area (Å²) in [5.74, 6) is -1.53. The van der Waals surface area contributed by atoms with E-state index in [0.717, 1.165) is 5.56 Å². The number of nitrogens with one attached hydrogen (secondary N) is 1. The first-order chi connectivity index (χ1) is 9.18. The quantitative estimate of drug-likeness (QED) is 0.879. The van der Waals surface area contributed by atoms with Crippen molar-refractivity contribution in [1.82, 2.24) is 10.3 Å². The van der Waals surface area contributed by atoms with Crippen molar-refractivity contribution in [1.29, 1.82) is 0 Å². The highest BCUT2D eigenvalue weighted by molar-refractivity contribution is 5.95. The molecule has 0 radical (unpaired) electrons. The topological polar surface area (TPSA) is 68.0 Å². The first kappa shape index (κ1) is 13.0. The Morgan fingerprint density at radius 1 is 1.26 bits per heavy atom. The maximum atomic E-state index is 13.6. The van der Waals surface area contributed by atoms with E-state index < -0.39 is 11.7 Å². The van der Waals surface area contributed by atoms with Gasteiger partial charge < -0.3 is 11.1 Å². The average Bonchev–Trinajstić information content (AvgIpc) is 2.43. The van der Waals surface area contributed by atoms with E-state index in [1.54, 1.807) is 0 Å². The van der Waals surface area contributed by atoms with Gasteiger partial charge in [0, 0.05) is 12.7 Å². The SMILES string of the molecule is Nc1nccc(C(=O)NCCc2ccccc2)c1F. The molecule has 0 aliphatic heterocycles. The highest BCUT2D eigenvalue weighted by atomic mass is 19.1. The molecule has 0 saturated heterocycles. The molecule has 1 amide bonds. The minimum absolute atomic E-state index is 0.0828. The Kier molecular flexibility index (Phi) is 4.07. The van der Waals surface area contributed by atoms with Crippen molar-refractivity contribution < 1.29 is 9.18 Å². The molecule has 4 nitrogen and oxygen atoms in total. The van der Waals surface area contributed by atoms with Crippen molar-refractivity contribution in [2.24, 2.45) is 0 Å². The lowest BCUT2D eigenvalue weighted by Gasteiger charge is -2.07. The van der Waals surface area contributed by atoms with Crippen molar-refractivity contribution in [2.75, 3.05) is 12.3 Å². The number of benzene rings is 1. The summed E-state index contributed by atoms with van der Waals surface area (Å²) in [6, 6.07) is 11.0. The van der Waals surface area contributed by atoms with Gasteiger partial charge in [-0.3, -0.25) is 4.79 Å². The van der Waals surface area contributed by atoms with Crippen LogP contribution in [0.1, 0.15) is 15.9 Å². The van der Waals surface area contributed by atoms with E-state index in [4.69, 9.17) is 5.73 Å². The number of rotatable bonds is 4. The number of hydrogen-bond donors (Lipinski definition) is 2. The molecular formula is C14H14FN3O. The van der Waals surface area contributed by atoms with Crippen LogP contribution in [0.15, 0.2) is 42.6 Å². The van der Waals surface area contributed by atoms with Crippen LogP contribution in [0.4, 0.5) is 10.2 Å². The molecule has 0 atom stereocenters. The molecule has 0 aliphatic rings. The molecule has 0 fully saturated rings. The lowest BCUT2D eigenvalue weighted by atomic mass is 10.1. The Morgan fingerprint density at radius 2 is 2.00 bits per heavy atom. The standard InChI is InChI=1S/C14H14FN3O/c15-12-11(7-9-17-13(12)16)14(19)18-8-6-10-4-2-1-3-5-10/h1-5,7,9H,6,8H2,(H2,16,17)(H,18,19). The molecule has 0 unspecified atom stereocenters. The fraction of sp³-hybridized carbons (Fsp3) is 0.143. The molecule has 5 heteroatoms. The molecule has 1 heterocycles. The fourth-order valence-corrected chi connectivity index (χ4v) is 1.70. The maximum absolute atomic E-state index is 13.6. The summed E-state index contributed by atoms with van der Waals surface area (Å²) in [5.41, 5.74) is 6.34. The number of anilines is 1. The molecule has 3 N–H and O–H groups in total. The first-order valence-corrected chi connectivity index (χ1v) is 5.90. The second-order valence-electron chi connectivity index (χ2n) is 4.05. The van der Waals surface area contributed by atoms with Crippen LogP contribution in [0.3, 0.4) is 0 Å². The predicted octanol–water partition coefficient (Wildman–Crippen LogP) is 1.78. The number of carbonyl (C=O) groups excluding carboxylic acids is 1. The van der Waals surface area contributed by atoms with Crippen LogP contribution in [0.25, 0.3) is 0 Å². The Morgan fingerprint density at radius 3 is 2.74 bits per heavy atom. The molecule has 2 aromatic rings. The van der Waals surface area contributed by atoms with Crippen LogP contribution in [0.5, 0.6) is 0 Å². The van der Waals surface area contributed by atoms with Crippen LogP contribution < -0.4 is 11.1 Å². The van der Waals surface area contributed by atoms with Crippen LogP contribution >= 0.6 is 0 Å². The minimum atomic E-state index is -0.778. The van der Waals surface area contributed by atoms with Gasteiger partial charge in [-0.2, -0.15) is 0 Å².